The number of nitrogens with zero attached hydrogens (tertiary/aromatic N) is 1. The molecule has 10 rings (SSSR count). The molecule has 0 amide bonds. The highest BCUT2D eigenvalue weighted by Crippen LogP contribution is 2.52. The van der Waals surface area contributed by atoms with Crippen molar-refractivity contribution in [2.24, 2.45) is 0 Å². The number of rotatable bonds is 4. The summed E-state index contributed by atoms with van der Waals surface area (Å²) >= 11 is 1.87. The van der Waals surface area contributed by atoms with Crippen LogP contribution in [-0.2, 0) is 5.41 Å². The van der Waals surface area contributed by atoms with E-state index in [0.717, 1.165) is 17.1 Å². The molecule has 0 N–H and O–H groups in total. The fourth-order valence-corrected chi connectivity index (χ4v) is 9.37. The average Bonchev–Trinajstić information content (AvgIpc) is 3.63. The van der Waals surface area contributed by atoms with Crippen molar-refractivity contribution >= 4 is 70.1 Å². The lowest BCUT2D eigenvalue weighted by Crippen LogP contribution is -2.14. The Balaban J connectivity index is 1.20. The third-order valence-electron chi connectivity index (χ3n) is 10.6. The molecule has 1 aliphatic rings. The third kappa shape index (κ3) is 4.31. The highest BCUT2D eigenvalue weighted by molar-refractivity contribution is 7.25. The SMILES string of the molecule is CC1(C)c2ccccc2-c2c1ccc1ccc3cc(N(c4cccc(-c5ccccc5)c4)c4ccc5c(c4)sc4ccccc45)ccc3c21. The lowest BCUT2D eigenvalue weighted by atomic mass is 9.82. The summed E-state index contributed by atoms with van der Waals surface area (Å²) in [7, 11) is 0. The van der Waals surface area contributed by atoms with Crippen LogP contribution in [-0.4, -0.2) is 0 Å². The number of fused-ring (bicyclic) bond motifs is 10. The molecule has 2 heteroatoms. The number of thiophene rings is 1. The van der Waals surface area contributed by atoms with Gasteiger partial charge in [-0.15, -0.1) is 11.3 Å². The van der Waals surface area contributed by atoms with Crippen LogP contribution in [0.4, 0.5) is 17.1 Å². The van der Waals surface area contributed by atoms with Gasteiger partial charge in [0, 0.05) is 42.6 Å². The van der Waals surface area contributed by atoms with Crippen LogP contribution in [0.15, 0.2) is 164 Å². The van der Waals surface area contributed by atoms with Crippen LogP contribution in [0.1, 0.15) is 25.0 Å². The van der Waals surface area contributed by atoms with Gasteiger partial charge >= 0.3 is 0 Å². The van der Waals surface area contributed by atoms with Crippen molar-refractivity contribution < 1.29 is 0 Å². The zero-order valence-corrected chi connectivity index (χ0v) is 28.3. The van der Waals surface area contributed by atoms with E-state index in [2.05, 4.69) is 183 Å². The summed E-state index contributed by atoms with van der Waals surface area (Å²) < 4.78 is 2.62. The first-order chi connectivity index (χ1) is 24.0. The van der Waals surface area contributed by atoms with Crippen LogP contribution in [0.25, 0.3) is 64.0 Å². The second kappa shape index (κ2) is 10.7. The first-order valence-corrected chi connectivity index (χ1v) is 17.8. The maximum Gasteiger partial charge on any atom is 0.0476 e. The molecule has 0 aliphatic heterocycles. The second-order valence-electron chi connectivity index (χ2n) is 13.8. The van der Waals surface area contributed by atoms with Gasteiger partial charge < -0.3 is 4.90 Å². The zero-order valence-electron chi connectivity index (χ0n) is 27.4. The fourth-order valence-electron chi connectivity index (χ4n) is 8.23. The molecule has 232 valence electrons. The van der Waals surface area contributed by atoms with Crippen LogP contribution in [0, 0.1) is 0 Å². The van der Waals surface area contributed by atoms with Crippen LogP contribution in [0.2, 0.25) is 0 Å². The molecule has 0 bridgehead atoms. The van der Waals surface area contributed by atoms with Crippen molar-refractivity contribution in [1.29, 1.82) is 0 Å². The van der Waals surface area contributed by atoms with Gasteiger partial charge in [-0.3, -0.25) is 0 Å². The lowest BCUT2D eigenvalue weighted by Gasteiger charge is -2.27. The van der Waals surface area contributed by atoms with Gasteiger partial charge in [-0.1, -0.05) is 135 Å². The van der Waals surface area contributed by atoms with Crippen molar-refractivity contribution in [2.75, 3.05) is 4.90 Å². The Labute approximate surface area is 290 Å². The number of hydrogen-bond acceptors (Lipinski definition) is 2. The van der Waals surface area contributed by atoms with Gasteiger partial charge in [-0.25, -0.2) is 0 Å². The second-order valence-corrected chi connectivity index (χ2v) is 14.8. The molecule has 0 unspecified atom stereocenters. The normalized spacial score (nSPS) is 13.3. The van der Waals surface area contributed by atoms with Crippen LogP contribution >= 0.6 is 11.3 Å². The van der Waals surface area contributed by atoms with E-state index in [1.807, 2.05) is 11.3 Å². The van der Waals surface area contributed by atoms with Crippen molar-refractivity contribution in [2.45, 2.75) is 19.3 Å². The maximum atomic E-state index is 2.42. The Bertz CT molecular complexity index is 2750. The van der Waals surface area contributed by atoms with Crippen LogP contribution < -0.4 is 4.90 Å². The zero-order chi connectivity index (χ0) is 32.7. The molecule has 1 heterocycles. The molecule has 1 aliphatic carbocycles. The van der Waals surface area contributed by atoms with Crippen molar-refractivity contribution in [3.05, 3.63) is 175 Å². The van der Waals surface area contributed by atoms with E-state index >= 15 is 0 Å². The molecular formula is C47H33NS. The van der Waals surface area contributed by atoms with Gasteiger partial charge in [0.1, 0.15) is 0 Å². The third-order valence-corrected chi connectivity index (χ3v) is 11.8. The summed E-state index contributed by atoms with van der Waals surface area (Å²) in [6.07, 6.45) is 0. The molecule has 49 heavy (non-hydrogen) atoms. The molecule has 0 saturated carbocycles. The highest BCUT2D eigenvalue weighted by Gasteiger charge is 2.36. The summed E-state index contributed by atoms with van der Waals surface area (Å²) in [5.74, 6) is 0. The minimum atomic E-state index is -0.0337. The largest absolute Gasteiger partial charge is 0.310 e. The first-order valence-electron chi connectivity index (χ1n) is 17.0. The molecule has 8 aromatic carbocycles. The Morgan fingerprint density at radius 2 is 1.12 bits per heavy atom. The van der Waals surface area contributed by atoms with Gasteiger partial charge in [0.15, 0.2) is 0 Å². The maximum absolute atomic E-state index is 2.42. The average molecular weight is 644 g/mol. The molecule has 0 atom stereocenters. The van der Waals surface area contributed by atoms with E-state index in [1.54, 1.807) is 0 Å². The minimum Gasteiger partial charge on any atom is -0.310 e. The molecule has 0 spiro atoms. The summed E-state index contributed by atoms with van der Waals surface area (Å²) in [5, 5.41) is 7.81. The van der Waals surface area contributed by atoms with E-state index in [1.165, 1.54) is 75.1 Å². The standard InChI is InChI=1S/C47H33NS/c1-47(2)41-17-8-6-16-40(41)46-42(47)26-21-31-19-20-33-28-35(22-24-37(33)45(31)46)48(34-14-10-13-32(27-34)30-11-4-3-5-12-30)36-23-25-39-38-15-7-9-18-43(38)49-44(39)29-36/h3-29H,1-2H3. The molecule has 1 nitrogen and oxygen atoms in total. The molecule has 0 fully saturated rings. The Kier molecular flexibility index (Phi) is 6.16. The smallest absolute Gasteiger partial charge is 0.0476 e. The molecule has 1 aromatic heterocycles. The monoisotopic (exact) mass is 643 g/mol. The lowest BCUT2D eigenvalue weighted by molar-refractivity contribution is 0.661. The van der Waals surface area contributed by atoms with E-state index in [4.69, 9.17) is 0 Å². The molecule has 0 saturated heterocycles. The van der Waals surface area contributed by atoms with Gasteiger partial charge in [0.2, 0.25) is 0 Å². The van der Waals surface area contributed by atoms with Crippen LogP contribution in [0.5, 0.6) is 0 Å². The van der Waals surface area contributed by atoms with Crippen molar-refractivity contribution in [1.82, 2.24) is 0 Å². The summed E-state index contributed by atoms with van der Waals surface area (Å²) in [5.41, 5.74) is 11.4. The summed E-state index contributed by atoms with van der Waals surface area (Å²) in [6.45, 7) is 4.73. The van der Waals surface area contributed by atoms with E-state index < -0.39 is 0 Å². The molecular weight excluding hydrogens is 611 g/mol. The number of hydrogen-bond donors (Lipinski definition) is 0. The predicted molar refractivity (Wildman–Crippen MR) is 212 cm³/mol. The minimum absolute atomic E-state index is 0.0337. The van der Waals surface area contributed by atoms with Gasteiger partial charge in [0.05, 0.1) is 0 Å². The summed E-state index contributed by atoms with van der Waals surface area (Å²) in [6, 6.07) is 60.6. The topological polar surface area (TPSA) is 3.24 Å². The van der Waals surface area contributed by atoms with Gasteiger partial charge in [-0.05, 0) is 97.4 Å². The molecule has 0 radical (unpaired) electrons. The van der Waals surface area contributed by atoms with E-state index in [0.29, 0.717) is 0 Å². The van der Waals surface area contributed by atoms with Crippen molar-refractivity contribution in [3.63, 3.8) is 0 Å². The Hall–Kier alpha value is -5.70. The van der Waals surface area contributed by atoms with Gasteiger partial charge in [-0.2, -0.15) is 0 Å². The Morgan fingerprint density at radius 3 is 2.02 bits per heavy atom. The predicted octanol–water partition coefficient (Wildman–Crippen LogP) is 13.8. The number of benzene rings is 8. The van der Waals surface area contributed by atoms with E-state index in [9.17, 15) is 0 Å². The first kappa shape index (κ1) is 28.3. The Morgan fingerprint density at radius 1 is 0.449 bits per heavy atom. The summed E-state index contributed by atoms with van der Waals surface area (Å²) in [4.78, 5) is 2.42. The van der Waals surface area contributed by atoms with Gasteiger partial charge in [0.25, 0.3) is 0 Å². The number of anilines is 3. The van der Waals surface area contributed by atoms with Crippen molar-refractivity contribution in [3.8, 4) is 22.3 Å². The highest BCUT2D eigenvalue weighted by atomic mass is 32.1. The molecule has 9 aromatic rings. The quantitative estimate of drug-likeness (QED) is 0.173. The van der Waals surface area contributed by atoms with Crippen LogP contribution in [0.3, 0.4) is 0 Å². The fraction of sp³-hybridized carbons (Fsp3) is 0.0638. The van der Waals surface area contributed by atoms with E-state index in [-0.39, 0.29) is 5.41 Å².